The number of furan rings is 1. The first-order chi connectivity index (χ1) is 10.1. The number of nitrogens with zero attached hydrogens (tertiary/aromatic N) is 3. The summed E-state index contributed by atoms with van der Waals surface area (Å²) in [4.78, 5) is 21.8. The van der Waals surface area contributed by atoms with Crippen molar-refractivity contribution in [3.8, 4) is 0 Å². The van der Waals surface area contributed by atoms with E-state index >= 15 is 0 Å². The van der Waals surface area contributed by atoms with E-state index in [4.69, 9.17) is 10.2 Å². The summed E-state index contributed by atoms with van der Waals surface area (Å²) in [5, 5.41) is 0. The number of anilines is 1. The Bertz CT molecular complexity index is 626. The van der Waals surface area contributed by atoms with E-state index < -0.39 is 5.91 Å². The fourth-order valence-corrected chi connectivity index (χ4v) is 2.78. The van der Waals surface area contributed by atoms with E-state index in [1.54, 1.807) is 12.5 Å². The number of hydrogen-bond donors (Lipinski definition) is 1. The lowest BCUT2D eigenvalue weighted by Gasteiger charge is -2.38. The Morgan fingerprint density at radius 1 is 1.48 bits per heavy atom. The molecule has 6 heteroatoms. The predicted molar refractivity (Wildman–Crippen MR) is 77.7 cm³/mol. The maximum absolute atomic E-state index is 11.3. The molecule has 21 heavy (non-hydrogen) atoms. The number of carbonyl (C=O) groups is 1. The first-order valence-corrected chi connectivity index (χ1v) is 7.07. The Balaban J connectivity index is 1.94. The summed E-state index contributed by atoms with van der Waals surface area (Å²) in [7, 11) is 0. The summed E-state index contributed by atoms with van der Waals surface area (Å²) >= 11 is 0. The summed E-state index contributed by atoms with van der Waals surface area (Å²) in [6.45, 7) is 3.09. The van der Waals surface area contributed by atoms with Crippen LogP contribution in [0.5, 0.6) is 0 Å². The van der Waals surface area contributed by atoms with Crippen LogP contribution < -0.4 is 10.6 Å². The van der Waals surface area contributed by atoms with Gasteiger partial charge in [0, 0.05) is 6.54 Å². The van der Waals surface area contributed by atoms with Gasteiger partial charge in [-0.15, -0.1) is 0 Å². The molecule has 0 aromatic carbocycles. The normalized spacial score (nSPS) is 22.2. The number of carbonyl (C=O) groups excluding carboxylic acids is 1. The van der Waals surface area contributed by atoms with Crippen LogP contribution in [0.1, 0.15) is 42.1 Å². The van der Waals surface area contributed by atoms with Crippen LogP contribution in [-0.2, 0) is 0 Å². The topological polar surface area (TPSA) is 85.3 Å². The molecule has 0 spiro atoms. The maximum Gasteiger partial charge on any atom is 0.268 e. The average molecular weight is 286 g/mol. The minimum absolute atomic E-state index is 0.112. The van der Waals surface area contributed by atoms with Crippen LogP contribution in [0, 0.1) is 5.92 Å². The van der Waals surface area contributed by atoms with Crippen molar-refractivity contribution in [2.75, 3.05) is 11.4 Å². The molecule has 1 saturated heterocycles. The van der Waals surface area contributed by atoms with Crippen LogP contribution >= 0.6 is 0 Å². The van der Waals surface area contributed by atoms with Crippen LogP contribution in [0.4, 0.5) is 5.82 Å². The zero-order valence-electron chi connectivity index (χ0n) is 11.9. The van der Waals surface area contributed by atoms with Crippen molar-refractivity contribution >= 4 is 11.7 Å². The minimum atomic E-state index is -0.565. The highest BCUT2D eigenvalue weighted by atomic mass is 16.3. The van der Waals surface area contributed by atoms with Crippen molar-refractivity contribution in [3.05, 3.63) is 42.2 Å². The summed E-state index contributed by atoms with van der Waals surface area (Å²) in [6.07, 6.45) is 6.78. The highest BCUT2D eigenvalue weighted by Crippen LogP contribution is 2.36. The van der Waals surface area contributed by atoms with Crippen LogP contribution in [0.25, 0.3) is 0 Å². The second-order valence-corrected chi connectivity index (χ2v) is 5.48. The molecule has 2 N–H and O–H groups in total. The largest absolute Gasteiger partial charge is 0.467 e. The maximum atomic E-state index is 11.3. The van der Waals surface area contributed by atoms with E-state index in [9.17, 15) is 4.79 Å². The first-order valence-electron chi connectivity index (χ1n) is 7.07. The minimum Gasteiger partial charge on any atom is -0.467 e. The molecule has 6 nitrogen and oxygen atoms in total. The van der Waals surface area contributed by atoms with E-state index in [1.807, 2.05) is 12.1 Å². The molecule has 110 valence electrons. The third kappa shape index (κ3) is 2.74. The van der Waals surface area contributed by atoms with Gasteiger partial charge in [0.2, 0.25) is 0 Å². The van der Waals surface area contributed by atoms with Crippen molar-refractivity contribution in [1.82, 2.24) is 9.97 Å². The first kappa shape index (κ1) is 13.6. The van der Waals surface area contributed by atoms with Gasteiger partial charge in [-0.05, 0) is 30.9 Å². The lowest BCUT2D eigenvalue weighted by atomic mass is 9.91. The molecule has 1 fully saturated rings. The van der Waals surface area contributed by atoms with Gasteiger partial charge in [0.1, 0.15) is 17.3 Å². The fraction of sp³-hybridized carbons (Fsp3) is 0.400. The summed E-state index contributed by atoms with van der Waals surface area (Å²) in [5.41, 5.74) is 5.47. The van der Waals surface area contributed by atoms with Gasteiger partial charge in [0.05, 0.1) is 24.7 Å². The molecule has 2 aromatic heterocycles. The van der Waals surface area contributed by atoms with Gasteiger partial charge in [-0.2, -0.15) is 0 Å². The van der Waals surface area contributed by atoms with E-state index in [2.05, 4.69) is 21.8 Å². The molecule has 0 saturated carbocycles. The molecule has 2 aromatic rings. The van der Waals surface area contributed by atoms with Gasteiger partial charge in [0.15, 0.2) is 0 Å². The Kier molecular flexibility index (Phi) is 3.60. The quantitative estimate of drug-likeness (QED) is 0.934. The van der Waals surface area contributed by atoms with Crippen molar-refractivity contribution in [3.63, 3.8) is 0 Å². The molecule has 2 atom stereocenters. The molecule has 3 rings (SSSR count). The molecule has 0 bridgehead atoms. The molecule has 0 aliphatic carbocycles. The van der Waals surface area contributed by atoms with Crippen LogP contribution in [0.15, 0.2) is 35.2 Å². The molecule has 0 radical (unpaired) electrons. The third-order valence-electron chi connectivity index (χ3n) is 3.90. The summed E-state index contributed by atoms with van der Waals surface area (Å²) in [5.74, 6) is 1.63. The average Bonchev–Trinajstić information content (AvgIpc) is 3.01. The zero-order chi connectivity index (χ0) is 14.8. The lowest BCUT2D eigenvalue weighted by Crippen LogP contribution is -2.37. The highest BCUT2D eigenvalue weighted by molar-refractivity contribution is 5.90. The van der Waals surface area contributed by atoms with E-state index in [-0.39, 0.29) is 11.7 Å². The van der Waals surface area contributed by atoms with E-state index in [0.717, 1.165) is 25.1 Å². The molecule has 1 amide bonds. The van der Waals surface area contributed by atoms with Crippen LogP contribution in [0.3, 0.4) is 0 Å². The fourth-order valence-electron chi connectivity index (χ4n) is 2.78. The molecule has 1 aliphatic heterocycles. The Morgan fingerprint density at radius 2 is 2.33 bits per heavy atom. The molecule has 2 unspecified atom stereocenters. The van der Waals surface area contributed by atoms with E-state index in [1.165, 1.54) is 6.20 Å². The van der Waals surface area contributed by atoms with Crippen molar-refractivity contribution < 1.29 is 9.21 Å². The van der Waals surface area contributed by atoms with Crippen molar-refractivity contribution in [2.45, 2.75) is 25.8 Å². The Hall–Kier alpha value is -2.37. The lowest BCUT2D eigenvalue weighted by molar-refractivity contribution is 0.0995. The van der Waals surface area contributed by atoms with Gasteiger partial charge in [-0.25, -0.2) is 4.98 Å². The standard InChI is InChI=1S/C15H18N4O2/c1-10-4-5-19(12(7-10)13-3-2-6-21-13)14-9-17-8-11(18-14)15(16)20/h2-3,6,8-10,12H,4-5,7H2,1H3,(H2,16,20). The molecular formula is C15H18N4O2. The number of hydrogen-bond acceptors (Lipinski definition) is 5. The number of primary amides is 1. The molecule has 1 aliphatic rings. The second-order valence-electron chi connectivity index (χ2n) is 5.48. The van der Waals surface area contributed by atoms with Crippen molar-refractivity contribution in [1.29, 1.82) is 0 Å². The smallest absolute Gasteiger partial charge is 0.268 e. The van der Waals surface area contributed by atoms with Crippen LogP contribution in [-0.4, -0.2) is 22.4 Å². The number of amides is 1. The number of aromatic nitrogens is 2. The third-order valence-corrected chi connectivity index (χ3v) is 3.90. The predicted octanol–water partition coefficient (Wildman–Crippen LogP) is 2.15. The number of nitrogens with two attached hydrogens (primary N) is 1. The zero-order valence-corrected chi connectivity index (χ0v) is 11.9. The molecule has 3 heterocycles. The molecular weight excluding hydrogens is 268 g/mol. The Labute approximate surface area is 123 Å². The second kappa shape index (κ2) is 5.55. The van der Waals surface area contributed by atoms with Gasteiger partial charge in [-0.3, -0.25) is 9.78 Å². The number of rotatable bonds is 3. The van der Waals surface area contributed by atoms with E-state index in [0.29, 0.717) is 11.7 Å². The van der Waals surface area contributed by atoms with Gasteiger partial charge >= 0.3 is 0 Å². The van der Waals surface area contributed by atoms with Crippen LogP contribution in [0.2, 0.25) is 0 Å². The SMILES string of the molecule is CC1CCN(c2cncc(C(N)=O)n2)C(c2ccco2)C1. The number of piperidine rings is 1. The van der Waals surface area contributed by atoms with Gasteiger partial charge in [-0.1, -0.05) is 6.92 Å². The van der Waals surface area contributed by atoms with Gasteiger partial charge < -0.3 is 15.1 Å². The van der Waals surface area contributed by atoms with Crippen molar-refractivity contribution in [2.24, 2.45) is 11.7 Å². The summed E-state index contributed by atoms with van der Waals surface area (Å²) < 4.78 is 5.57. The highest BCUT2D eigenvalue weighted by Gasteiger charge is 2.30. The Morgan fingerprint density at radius 3 is 3.05 bits per heavy atom. The summed E-state index contributed by atoms with van der Waals surface area (Å²) in [6, 6.07) is 3.97. The monoisotopic (exact) mass is 286 g/mol. The van der Waals surface area contributed by atoms with Gasteiger partial charge in [0.25, 0.3) is 5.91 Å².